The van der Waals surface area contributed by atoms with Crippen molar-refractivity contribution in [2.24, 2.45) is 0 Å². The van der Waals surface area contributed by atoms with Gasteiger partial charge in [0, 0.05) is 12.8 Å². The topological polar surface area (TPSA) is 108 Å². The summed E-state index contributed by atoms with van der Waals surface area (Å²) < 4.78 is 22.6. The number of carbonyl (C=O) groups is 3. The van der Waals surface area contributed by atoms with Crippen molar-refractivity contribution in [1.82, 2.24) is 0 Å². The zero-order valence-corrected chi connectivity index (χ0v) is 39.4. The first kappa shape index (κ1) is 57.2. The summed E-state index contributed by atoms with van der Waals surface area (Å²) in [6, 6.07) is 0. The number of hydrogen-bond donors (Lipinski definition) is 1. The number of hydrogen-bond acceptors (Lipinski definition) is 7. The van der Waals surface area contributed by atoms with E-state index >= 15 is 0 Å². The molecule has 0 aromatic heterocycles. The van der Waals surface area contributed by atoms with E-state index in [9.17, 15) is 19.5 Å². The van der Waals surface area contributed by atoms with Crippen LogP contribution in [-0.4, -0.2) is 87.4 Å². The number of unbranched alkanes of at least 4 members (excludes halogenated alkanes) is 21. The van der Waals surface area contributed by atoms with Crippen LogP contribution in [0.25, 0.3) is 0 Å². The molecule has 0 heterocycles. The van der Waals surface area contributed by atoms with E-state index in [1.807, 2.05) is 21.1 Å². The molecule has 0 aromatic carbocycles. The monoisotopic (exact) mass is 847 g/mol. The van der Waals surface area contributed by atoms with Gasteiger partial charge < -0.3 is 28.5 Å². The van der Waals surface area contributed by atoms with Crippen LogP contribution in [0.4, 0.5) is 0 Å². The largest absolute Gasteiger partial charge is 0.477 e. The molecule has 9 nitrogen and oxygen atoms in total. The number of rotatable bonds is 44. The Bertz CT molecular complexity index is 1120. The average Bonchev–Trinajstić information content (AvgIpc) is 3.21. The van der Waals surface area contributed by atoms with Gasteiger partial charge in [-0.15, -0.1) is 0 Å². The van der Waals surface area contributed by atoms with E-state index in [-0.39, 0.29) is 32.2 Å². The van der Waals surface area contributed by atoms with Gasteiger partial charge in [0.25, 0.3) is 6.29 Å². The minimum atomic E-state index is -1.50. The number of aliphatic carboxylic acids is 1. The van der Waals surface area contributed by atoms with Gasteiger partial charge in [-0.3, -0.25) is 9.59 Å². The van der Waals surface area contributed by atoms with E-state index in [2.05, 4.69) is 62.5 Å². The Kier molecular flexibility index (Phi) is 41.0. The number of carbonyl (C=O) groups excluding carboxylic acids is 2. The molecule has 0 saturated carbocycles. The van der Waals surface area contributed by atoms with Crippen LogP contribution in [0, 0.1) is 0 Å². The molecule has 0 saturated heterocycles. The van der Waals surface area contributed by atoms with Crippen molar-refractivity contribution < 1.29 is 42.9 Å². The number of carboxylic acids is 1. The molecular weight excluding hydrogens is 755 g/mol. The molecule has 0 amide bonds. The van der Waals surface area contributed by atoms with Crippen molar-refractivity contribution in [3.8, 4) is 0 Å². The lowest BCUT2D eigenvalue weighted by Gasteiger charge is -2.25. The first-order valence-electron chi connectivity index (χ1n) is 24.3. The van der Waals surface area contributed by atoms with Crippen LogP contribution in [-0.2, 0) is 33.3 Å². The van der Waals surface area contributed by atoms with Crippen molar-refractivity contribution in [2.75, 3.05) is 47.5 Å². The van der Waals surface area contributed by atoms with Gasteiger partial charge in [-0.05, 0) is 51.4 Å². The van der Waals surface area contributed by atoms with E-state index in [0.717, 1.165) is 64.2 Å². The average molecular weight is 847 g/mol. The normalized spacial score (nSPS) is 13.3. The molecule has 1 N–H and O–H groups in total. The predicted molar refractivity (Wildman–Crippen MR) is 249 cm³/mol. The number of quaternary nitrogens is 1. The second-order valence-corrected chi connectivity index (χ2v) is 17.4. The summed E-state index contributed by atoms with van der Waals surface area (Å²) in [5.74, 6) is -2.01. The number of allylic oxidation sites excluding steroid dienone is 8. The van der Waals surface area contributed by atoms with Gasteiger partial charge in [0.1, 0.15) is 13.2 Å². The maximum atomic E-state index is 12.7. The molecule has 0 aliphatic heterocycles. The smallest absolute Gasteiger partial charge is 0.361 e. The number of esters is 2. The standard InChI is InChI=1S/C51H91NO8/c1-6-8-10-12-14-15-16-17-18-19-20-21-22-23-24-25-26-27-28-29-30-31-32-33-34-35-36-38-40-42-49(54)60-47(45-58-48(53)41-39-37-13-11-9-7-2)46-59-51(50(55)56)57-44-43-52(3,4)5/h8,10,14-15,17-18,20-21,47,51H,6-7,9,11-13,16,19,22-46H2,1-5H3/p+1/b10-8-,15-14-,18-17-,21-20-. The summed E-state index contributed by atoms with van der Waals surface area (Å²) in [5.41, 5.74) is 0. The second-order valence-electron chi connectivity index (χ2n) is 17.4. The van der Waals surface area contributed by atoms with Crippen LogP contribution in [0.2, 0.25) is 0 Å². The Hall–Kier alpha value is -2.75. The van der Waals surface area contributed by atoms with Crippen molar-refractivity contribution >= 4 is 17.9 Å². The van der Waals surface area contributed by atoms with Crippen LogP contribution in [0.15, 0.2) is 48.6 Å². The molecule has 2 atom stereocenters. The van der Waals surface area contributed by atoms with Gasteiger partial charge >= 0.3 is 17.9 Å². The van der Waals surface area contributed by atoms with Crippen LogP contribution in [0.3, 0.4) is 0 Å². The summed E-state index contributed by atoms with van der Waals surface area (Å²) >= 11 is 0. The zero-order chi connectivity index (χ0) is 44.2. The van der Waals surface area contributed by atoms with Crippen molar-refractivity contribution in [3.63, 3.8) is 0 Å². The maximum absolute atomic E-state index is 12.7. The number of nitrogens with zero attached hydrogens (tertiary/aromatic N) is 1. The van der Waals surface area contributed by atoms with E-state index < -0.39 is 24.3 Å². The molecule has 0 rings (SSSR count). The highest BCUT2D eigenvalue weighted by molar-refractivity contribution is 5.71. The predicted octanol–water partition coefficient (Wildman–Crippen LogP) is 13.2. The number of ether oxygens (including phenoxy) is 4. The summed E-state index contributed by atoms with van der Waals surface area (Å²) in [6.07, 6.45) is 47.9. The van der Waals surface area contributed by atoms with Crippen LogP contribution in [0.1, 0.15) is 200 Å². The minimum Gasteiger partial charge on any atom is -0.477 e. The highest BCUT2D eigenvalue weighted by Crippen LogP contribution is 2.15. The number of carboxylic acid groups (broad SMARTS) is 1. The lowest BCUT2D eigenvalue weighted by Crippen LogP contribution is -2.40. The molecule has 0 fully saturated rings. The van der Waals surface area contributed by atoms with Gasteiger partial charge in [-0.2, -0.15) is 0 Å². The Morgan fingerprint density at radius 1 is 0.517 bits per heavy atom. The molecule has 0 radical (unpaired) electrons. The summed E-state index contributed by atoms with van der Waals surface area (Å²) in [4.78, 5) is 36.9. The van der Waals surface area contributed by atoms with Crippen molar-refractivity contribution in [1.29, 1.82) is 0 Å². The Morgan fingerprint density at radius 2 is 0.950 bits per heavy atom. The SMILES string of the molecule is CC/C=C\C/C=C\C/C=C\C/C=C\CCCCCCCCCCCCCCCCCCC(=O)OC(COC(=O)CCCCCCCC)COC(OCC[N+](C)(C)C)C(=O)O. The molecule has 9 heteroatoms. The fourth-order valence-corrected chi connectivity index (χ4v) is 6.59. The molecule has 0 bridgehead atoms. The summed E-state index contributed by atoms with van der Waals surface area (Å²) in [7, 11) is 5.95. The summed E-state index contributed by atoms with van der Waals surface area (Å²) in [6.45, 7) is 4.69. The second kappa shape index (κ2) is 42.9. The molecular formula is C51H92NO8+. The molecule has 0 aromatic rings. The van der Waals surface area contributed by atoms with E-state index in [1.165, 1.54) is 109 Å². The van der Waals surface area contributed by atoms with Gasteiger partial charge in [0.15, 0.2) is 6.10 Å². The maximum Gasteiger partial charge on any atom is 0.361 e. The van der Waals surface area contributed by atoms with E-state index in [4.69, 9.17) is 18.9 Å². The Balaban J connectivity index is 4.05. The van der Waals surface area contributed by atoms with E-state index in [0.29, 0.717) is 17.4 Å². The third-order valence-corrected chi connectivity index (χ3v) is 10.3. The fourth-order valence-electron chi connectivity index (χ4n) is 6.59. The first-order chi connectivity index (χ1) is 29.1. The van der Waals surface area contributed by atoms with Crippen molar-refractivity contribution in [2.45, 2.75) is 212 Å². The highest BCUT2D eigenvalue weighted by atomic mass is 16.7. The van der Waals surface area contributed by atoms with E-state index in [1.54, 1.807) is 0 Å². The van der Waals surface area contributed by atoms with Gasteiger partial charge in [0.2, 0.25) is 0 Å². The lowest BCUT2D eigenvalue weighted by molar-refractivity contribution is -0.870. The molecule has 348 valence electrons. The number of likely N-dealkylation sites (N-methyl/N-ethyl adjacent to an activating group) is 1. The van der Waals surface area contributed by atoms with Crippen LogP contribution >= 0.6 is 0 Å². The summed E-state index contributed by atoms with van der Waals surface area (Å²) in [5, 5.41) is 9.60. The van der Waals surface area contributed by atoms with Crippen molar-refractivity contribution in [3.05, 3.63) is 48.6 Å². The van der Waals surface area contributed by atoms with Gasteiger partial charge in [-0.25, -0.2) is 4.79 Å². The molecule has 2 unspecified atom stereocenters. The third kappa shape index (κ3) is 43.3. The lowest BCUT2D eigenvalue weighted by atomic mass is 10.0. The molecule has 0 aliphatic rings. The highest BCUT2D eigenvalue weighted by Gasteiger charge is 2.25. The molecule has 0 spiro atoms. The third-order valence-electron chi connectivity index (χ3n) is 10.3. The van der Waals surface area contributed by atoms with Gasteiger partial charge in [-0.1, -0.05) is 184 Å². The van der Waals surface area contributed by atoms with Gasteiger partial charge in [0.05, 0.1) is 34.4 Å². The van der Waals surface area contributed by atoms with Crippen LogP contribution < -0.4 is 0 Å². The zero-order valence-electron chi connectivity index (χ0n) is 39.4. The first-order valence-corrected chi connectivity index (χ1v) is 24.3. The molecule has 0 aliphatic carbocycles. The fraction of sp³-hybridized carbons (Fsp3) is 0.784. The Morgan fingerprint density at radius 3 is 1.42 bits per heavy atom. The Labute approximate surface area is 368 Å². The molecule has 60 heavy (non-hydrogen) atoms. The van der Waals surface area contributed by atoms with Crippen LogP contribution in [0.5, 0.6) is 0 Å². The minimum absolute atomic E-state index is 0.181. The quantitative estimate of drug-likeness (QED) is 0.0212.